The number of carbonyl (C=O) groups excluding carboxylic acids is 2. The molecule has 1 saturated carbocycles. The van der Waals surface area contributed by atoms with Crippen LogP contribution >= 0.6 is 11.3 Å². The number of thiophene rings is 1. The number of anilines is 1. The minimum absolute atomic E-state index is 0.000691. The van der Waals surface area contributed by atoms with Crippen molar-refractivity contribution >= 4 is 38.9 Å². The molecule has 2 N–H and O–H groups in total. The topological polar surface area (TPSA) is 70.7 Å². The maximum absolute atomic E-state index is 12.7. The van der Waals surface area contributed by atoms with Gasteiger partial charge in [-0.1, -0.05) is 0 Å². The molecule has 1 aliphatic heterocycles. The van der Waals surface area contributed by atoms with Gasteiger partial charge in [-0.25, -0.2) is 0 Å². The molecule has 2 fully saturated rings. The molecule has 1 aromatic carbocycles. The number of hydrogen-bond acceptors (Lipinski definition) is 5. The number of rotatable bonds is 3. The van der Waals surface area contributed by atoms with Crippen LogP contribution in [0.1, 0.15) is 28.9 Å². The minimum Gasteiger partial charge on any atom is -0.375 e. The maximum atomic E-state index is 12.7. The zero-order chi connectivity index (χ0) is 19.0. The smallest absolute Gasteiger partial charge is 0.263 e. The SMILES string of the molecule is CN(C)C(=O)c1cc2cc(NC(=O)[C@H]3CC[C@H]4OCCN[C@@H]4C3)ccc2s1. The van der Waals surface area contributed by atoms with Gasteiger partial charge in [-0.2, -0.15) is 0 Å². The highest BCUT2D eigenvalue weighted by atomic mass is 32.1. The van der Waals surface area contributed by atoms with Crippen LogP contribution in [0.2, 0.25) is 0 Å². The fraction of sp³-hybridized carbons (Fsp3) is 0.500. The van der Waals surface area contributed by atoms with Crippen LogP contribution in [0.4, 0.5) is 5.69 Å². The first-order valence-electron chi connectivity index (χ1n) is 9.42. The molecule has 0 bridgehead atoms. The molecule has 2 aliphatic rings. The second kappa shape index (κ2) is 7.58. The molecular weight excluding hydrogens is 362 g/mol. The predicted molar refractivity (Wildman–Crippen MR) is 107 cm³/mol. The lowest BCUT2D eigenvalue weighted by molar-refractivity contribution is -0.123. The number of amides is 2. The first-order valence-corrected chi connectivity index (χ1v) is 10.2. The monoisotopic (exact) mass is 387 g/mol. The van der Waals surface area contributed by atoms with Gasteiger partial charge in [-0.3, -0.25) is 9.59 Å². The Morgan fingerprint density at radius 1 is 1.26 bits per heavy atom. The van der Waals surface area contributed by atoms with Crippen LogP contribution < -0.4 is 10.6 Å². The van der Waals surface area contributed by atoms with E-state index in [9.17, 15) is 9.59 Å². The third-order valence-electron chi connectivity index (χ3n) is 5.40. The standard InChI is InChI=1S/C20H25N3O3S/c1-23(2)20(25)18-11-13-9-14(4-6-17(13)27-18)22-19(24)12-3-5-16-15(10-12)21-7-8-26-16/h4,6,9,11-12,15-16,21H,3,5,7-8,10H2,1-2H3,(H,22,24)/t12-,15+,16+/m0/s1. The number of morpholine rings is 1. The van der Waals surface area contributed by atoms with Crippen LogP contribution in [0, 0.1) is 5.92 Å². The Morgan fingerprint density at radius 3 is 2.93 bits per heavy atom. The van der Waals surface area contributed by atoms with Crippen LogP contribution in [0.15, 0.2) is 24.3 Å². The Labute approximate surface area is 162 Å². The quantitative estimate of drug-likeness (QED) is 0.850. The normalized spacial score (nSPS) is 25.0. The molecule has 1 aromatic heterocycles. The average Bonchev–Trinajstić information content (AvgIpc) is 3.10. The molecule has 7 heteroatoms. The van der Waals surface area contributed by atoms with Gasteiger partial charge in [0.25, 0.3) is 5.91 Å². The van der Waals surface area contributed by atoms with Crippen molar-refractivity contribution in [3.63, 3.8) is 0 Å². The summed E-state index contributed by atoms with van der Waals surface area (Å²) in [5.41, 5.74) is 0.782. The van der Waals surface area contributed by atoms with E-state index < -0.39 is 0 Å². The van der Waals surface area contributed by atoms with Gasteiger partial charge in [0.2, 0.25) is 5.91 Å². The summed E-state index contributed by atoms with van der Waals surface area (Å²) in [6.45, 7) is 1.62. The van der Waals surface area contributed by atoms with E-state index in [4.69, 9.17) is 4.74 Å². The lowest BCUT2D eigenvalue weighted by Gasteiger charge is -2.39. The predicted octanol–water partition coefficient (Wildman–Crippen LogP) is 2.70. The molecule has 27 heavy (non-hydrogen) atoms. The third-order valence-corrected chi connectivity index (χ3v) is 6.50. The number of fused-ring (bicyclic) bond motifs is 2. The van der Waals surface area contributed by atoms with Crippen LogP contribution in [0.25, 0.3) is 10.1 Å². The van der Waals surface area contributed by atoms with Gasteiger partial charge in [0.15, 0.2) is 0 Å². The van der Waals surface area contributed by atoms with Gasteiger partial charge >= 0.3 is 0 Å². The molecule has 1 aliphatic carbocycles. The van der Waals surface area contributed by atoms with Gasteiger partial charge in [0.1, 0.15) is 0 Å². The maximum Gasteiger partial charge on any atom is 0.263 e. The van der Waals surface area contributed by atoms with E-state index in [1.807, 2.05) is 24.3 Å². The third kappa shape index (κ3) is 3.85. The van der Waals surface area contributed by atoms with Gasteiger partial charge in [-0.15, -0.1) is 11.3 Å². The van der Waals surface area contributed by atoms with E-state index in [0.717, 1.165) is 48.2 Å². The van der Waals surface area contributed by atoms with Crippen molar-refractivity contribution in [2.45, 2.75) is 31.4 Å². The molecule has 3 atom stereocenters. The average molecular weight is 388 g/mol. The minimum atomic E-state index is 0.000691. The number of carbonyl (C=O) groups is 2. The van der Waals surface area contributed by atoms with Crippen molar-refractivity contribution in [1.82, 2.24) is 10.2 Å². The Balaban J connectivity index is 1.45. The van der Waals surface area contributed by atoms with E-state index in [0.29, 0.717) is 4.88 Å². The lowest BCUT2D eigenvalue weighted by Crippen LogP contribution is -2.52. The number of ether oxygens (including phenoxy) is 1. The zero-order valence-electron chi connectivity index (χ0n) is 15.7. The number of benzene rings is 1. The van der Waals surface area contributed by atoms with Crippen LogP contribution in [0.3, 0.4) is 0 Å². The summed E-state index contributed by atoms with van der Waals surface area (Å²) in [5, 5.41) is 7.52. The Kier molecular flexibility index (Phi) is 5.16. The van der Waals surface area contributed by atoms with E-state index in [1.165, 1.54) is 11.3 Å². The van der Waals surface area contributed by atoms with E-state index in [1.54, 1.807) is 19.0 Å². The van der Waals surface area contributed by atoms with Crippen molar-refractivity contribution in [2.75, 3.05) is 32.6 Å². The number of hydrogen-bond donors (Lipinski definition) is 2. The summed E-state index contributed by atoms with van der Waals surface area (Å²) in [7, 11) is 3.50. The Bertz CT molecular complexity index is 863. The summed E-state index contributed by atoms with van der Waals surface area (Å²) in [4.78, 5) is 27.2. The molecule has 1 saturated heterocycles. The molecule has 2 aromatic rings. The molecule has 4 rings (SSSR count). The van der Waals surface area contributed by atoms with E-state index in [-0.39, 0.29) is 29.9 Å². The lowest BCUT2D eigenvalue weighted by atomic mass is 9.82. The fourth-order valence-corrected chi connectivity index (χ4v) is 5.01. The highest BCUT2D eigenvalue weighted by Crippen LogP contribution is 2.31. The number of nitrogens with one attached hydrogen (secondary N) is 2. The molecule has 6 nitrogen and oxygen atoms in total. The van der Waals surface area contributed by atoms with Crippen molar-refractivity contribution in [2.24, 2.45) is 5.92 Å². The van der Waals surface area contributed by atoms with Gasteiger partial charge in [0.05, 0.1) is 17.6 Å². The van der Waals surface area contributed by atoms with Crippen molar-refractivity contribution < 1.29 is 14.3 Å². The largest absolute Gasteiger partial charge is 0.375 e. The first-order chi connectivity index (χ1) is 13.0. The second-order valence-corrected chi connectivity index (χ2v) is 8.62. The first kappa shape index (κ1) is 18.4. The van der Waals surface area contributed by atoms with Gasteiger partial charge in [0, 0.05) is 43.0 Å². The fourth-order valence-electron chi connectivity index (χ4n) is 3.94. The van der Waals surface area contributed by atoms with Crippen LogP contribution in [-0.4, -0.2) is 56.1 Å². The Morgan fingerprint density at radius 2 is 2.11 bits per heavy atom. The molecule has 0 radical (unpaired) electrons. The molecule has 0 spiro atoms. The van der Waals surface area contributed by atoms with Crippen molar-refractivity contribution in [1.29, 1.82) is 0 Å². The highest BCUT2D eigenvalue weighted by Gasteiger charge is 2.35. The van der Waals surface area contributed by atoms with Crippen molar-refractivity contribution in [3.05, 3.63) is 29.1 Å². The van der Waals surface area contributed by atoms with Gasteiger partial charge < -0.3 is 20.3 Å². The number of nitrogens with zero attached hydrogens (tertiary/aromatic N) is 1. The van der Waals surface area contributed by atoms with Gasteiger partial charge in [-0.05, 0) is 48.9 Å². The molecule has 0 unspecified atom stereocenters. The van der Waals surface area contributed by atoms with E-state index in [2.05, 4.69) is 10.6 Å². The zero-order valence-corrected chi connectivity index (χ0v) is 16.5. The van der Waals surface area contributed by atoms with Crippen LogP contribution in [-0.2, 0) is 9.53 Å². The summed E-state index contributed by atoms with van der Waals surface area (Å²) in [6.07, 6.45) is 2.85. The Hall–Kier alpha value is -1.96. The molecule has 2 amide bonds. The molecular formula is C20H25N3O3S. The highest BCUT2D eigenvalue weighted by molar-refractivity contribution is 7.20. The second-order valence-electron chi connectivity index (χ2n) is 7.53. The summed E-state index contributed by atoms with van der Waals surface area (Å²) in [5.74, 6) is 0.0743. The summed E-state index contributed by atoms with van der Waals surface area (Å²) >= 11 is 1.48. The summed E-state index contributed by atoms with van der Waals surface area (Å²) < 4.78 is 6.83. The summed E-state index contributed by atoms with van der Waals surface area (Å²) in [6, 6.07) is 8.00. The van der Waals surface area contributed by atoms with E-state index >= 15 is 0 Å². The van der Waals surface area contributed by atoms with Crippen molar-refractivity contribution in [3.8, 4) is 0 Å². The van der Waals surface area contributed by atoms with Crippen LogP contribution in [0.5, 0.6) is 0 Å². The molecule has 144 valence electrons. The molecule has 2 heterocycles.